The first-order valence-electron chi connectivity index (χ1n) is 10.6. The summed E-state index contributed by atoms with van der Waals surface area (Å²) < 4.78 is 5.57. The van der Waals surface area contributed by atoms with E-state index in [2.05, 4.69) is 34.9 Å². The van der Waals surface area contributed by atoms with Crippen molar-refractivity contribution < 1.29 is 24.2 Å². The molecule has 1 saturated carbocycles. The van der Waals surface area contributed by atoms with Gasteiger partial charge in [-0.05, 0) is 41.5 Å². The van der Waals surface area contributed by atoms with Crippen LogP contribution < -0.4 is 10.6 Å². The van der Waals surface area contributed by atoms with Gasteiger partial charge in [0.1, 0.15) is 6.61 Å². The molecule has 162 valence electrons. The van der Waals surface area contributed by atoms with Crippen LogP contribution in [0.1, 0.15) is 49.1 Å². The molecule has 1 fully saturated rings. The van der Waals surface area contributed by atoms with Gasteiger partial charge in [-0.1, -0.05) is 48.5 Å². The largest absolute Gasteiger partial charge is 0.481 e. The molecule has 2 aromatic carbocycles. The zero-order chi connectivity index (χ0) is 21.8. The number of carboxylic acids is 1. The molecule has 0 aliphatic heterocycles. The summed E-state index contributed by atoms with van der Waals surface area (Å²) in [5.74, 6) is -1.09. The van der Waals surface area contributed by atoms with Gasteiger partial charge in [-0.3, -0.25) is 9.59 Å². The van der Waals surface area contributed by atoms with E-state index in [-0.39, 0.29) is 31.3 Å². The second-order valence-electron chi connectivity index (χ2n) is 8.25. The molecule has 0 saturated heterocycles. The third-order valence-electron chi connectivity index (χ3n) is 5.95. The first-order valence-corrected chi connectivity index (χ1v) is 10.6. The molecule has 2 amide bonds. The number of fused-ring (bicyclic) bond motifs is 3. The predicted molar refractivity (Wildman–Crippen MR) is 115 cm³/mol. The number of rotatable bonds is 9. The van der Waals surface area contributed by atoms with E-state index in [9.17, 15) is 14.4 Å². The maximum Gasteiger partial charge on any atom is 0.407 e. The molecule has 0 unspecified atom stereocenters. The van der Waals surface area contributed by atoms with Crippen LogP contribution in [0.15, 0.2) is 48.5 Å². The summed E-state index contributed by atoms with van der Waals surface area (Å²) in [7, 11) is 0. The van der Waals surface area contributed by atoms with Crippen LogP contribution in [0.25, 0.3) is 11.1 Å². The van der Waals surface area contributed by atoms with Crippen molar-refractivity contribution in [2.45, 2.75) is 43.6 Å². The number of hydrogen-bond acceptors (Lipinski definition) is 4. The Morgan fingerprint density at radius 2 is 1.61 bits per heavy atom. The smallest absolute Gasteiger partial charge is 0.407 e. The summed E-state index contributed by atoms with van der Waals surface area (Å²) in [6.07, 6.45) is 1.50. The lowest BCUT2D eigenvalue weighted by molar-refractivity contribution is -0.137. The molecule has 0 atom stereocenters. The number of amides is 2. The molecule has 31 heavy (non-hydrogen) atoms. The highest BCUT2D eigenvalue weighted by Crippen LogP contribution is 2.44. The quantitative estimate of drug-likeness (QED) is 0.537. The minimum atomic E-state index is -0.884. The molecule has 0 heterocycles. The van der Waals surface area contributed by atoms with Crippen LogP contribution in [0.5, 0.6) is 0 Å². The van der Waals surface area contributed by atoms with Crippen molar-refractivity contribution in [3.8, 4) is 11.1 Å². The molecular weight excluding hydrogens is 396 g/mol. The Morgan fingerprint density at radius 3 is 2.19 bits per heavy atom. The maximum atomic E-state index is 12.5. The van der Waals surface area contributed by atoms with Crippen molar-refractivity contribution in [1.29, 1.82) is 0 Å². The van der Waals surface area contributed by atoms with E-state index in [1.165, 1.54) is 11.1 Å². The Labute approximate surface area is 180 Å². The second-order valence-corrected chi connectivity index (χ2v) is 8.25. The monoisotopic (exact) mass is 422 g/mol. The van der Waals surface area contributed by atoms with Gasteiger partial charge < -0.3 is 20.5 Å². The van der Waals surface area contributed by atoms with Gasteiger partial charge >= 0.3 is 12.1 Å². The topological polar surface area (TPSA) is 105 Å². The zero-order valence-electron chi connectivity index (χ0n) is 17.2. The predicted octanol–water partition coefficient (Wildman–Crippen LogP) is 3.43. The summed E-state index contributed by atoms with van der Waals surface area (Å²) in [5, 5.41) is 14.2. The summed E-state index contributed by atoms with van der Waals surface area (Å²) in [6.45, 7) is 0.545. The van der Waals surface area contributed by atoms with E-state index in [4.69, 9.17) is 9.84 Å². The lowest BCUT2D eigenvalue weighted by atomic mass is 9.98. The van der Waals surface area contributed by atoms with Crippen molar-refractivity contribution in [3.05, 3.63) is 59.7 Å². The number of nitrogens with one attached hydrogen (secondary N) is 2. The highest BCUT2D eigenvalue weighted by molar-refractivity contribution is 5.80. The van der Waals surface area contributed by atoms with Crippen LogP contribution in [-0.4, -0.2) is 41.8 Å². The number of carboxylic acid groups (broad SMARTS) is 1. The Bertz CT molecular complexity index is 953. The third-order valence-corrected chi connectivity index (χ3v) is 5.95. The molecule has 2 aliphatic rings. The summed E-state index contributed by atoms with van der Waals surface area (Å²) in [4.78, 5) is 35.1. The van der Waals surface area contributed by atoms with E-state index in [0.717, 1.165) is 24.0 Å². The van der Waals surface area contributed by atoms with Crippen LogP contribution in [0.2, 0.25) is 0 Å². The standard InChI is InChI=1S/C24H26N2O5/c27-21(25-13-5-10-22(28)29)14-24(11-12-24)26-23(30)31-15-20-18-8-3-1-6-16(18)17-7-2-4-9-19(17)20/h1-4,6-9,20H,5,10-15H2,(H,25,27)(H,26,30)(H,28,29). The van der Waals surface area contributed by atoms with Gasteiger partial charge in [0.25, 0.3) is 0 Å². The van der Waals surface area contributed by atoms with E-state index < -0.39 is 17.6 Å². The molecule has 2 aromatic rings. The minimum Gasteiger partial charge on any atom is -0.481 e. The van der Waals surface area contributed by atoms with E-state index in [0.29, 0.717) is 13.0 Å². The molecule has 7 nitrogen and oxygen atoms in total. The Morgan fingerprint density at radius 1 is 1.00 bits per heavy atom. The van der Waals surface area contributed by atoms with Crippen LogP contribution in [0.4, 0.5) is 4.79 Å². The number of alkyl carbamates (subject to hydrolysis) is 1. The van der Waals surface area contributed by atoms with Gasteiger partial charge in [-0.15, -0.1) is 0 Å². The number of benzene rings is 2. The van der Waals surface area contributed by atoms with Gasteiger partial charge in [-0.2, -0.15) is 0 Å². The summed E-state index contributed by atoms with van der Waals surface area (Å²) >= 11 is 0. The van der Waals surface area contributed by atoms with Crippen LogP contribution in [-0.2, 0) is 14.3 Å². The van der Waals surface area contributed by atoms with Gasteiger partial charge in [-0.25, -0.2) is 4.79 Å². The maximum absolute atomic E-state index is 12.5. The normalized spacial score (nSPS) is 15.5. The molecule has 7 heteroatoms. The molecule has 0 bridgehead atoms. The van der Waals surface area contributed by atoms with Crippen molar-refractivity contribution in [2.75, 3.05) is 13.2 Å². The molecule has 0 radical (unpaired) electrons. The Kier molecular flexibility index (Phi) is 5.93. The SMILES string of the molecule is O=C(O)CCCNC(=O)CC1(NC(=O)OCC2c3ccccc3-c3ccccc32)CC1. The van der Waals surface area contributed by atoms with Crippen molar-refractivity contribution >= 4 is 18.0 Å². The number of carbonyl (C=O) groups is 3. The fraction of sp³-hybridized carbons (Fsp3) is 0.375. The zero-order valence-corrected chi connectivity index (χ0v) is 17.2. The van der Waals surface area contributed by atoms with Crippen LogP contribution in [0.3, 0.4) is 0 Å². The number of hydrogen-bond donors (Lipinski definition) is 3. The van der Waals surface area contributed by atoms with E-state index in [1.807, 2.05) is 24.3 Å². The average Bonchev–Trinajstić information content (AvgIpc) is 3.42. The van der Waals surface area contributed by atoms with Crippen molar-refractivity contribution in [2.24, 2.45) is 0 Å². The number of ether oxygens (including phenoxy) is 1. The summed E-state index contributed by atoms with van der Waals surface area (Å²) in [6, 6.07) is 16.3. The van der Waals surface area contributed by atoms with Crippen molar-refractivity contribution in [3.63, 3.8) is 0 Å². The highest BCUT2D eigenvalue weighted by atomic mass is 16.5. The second kappa shape index (κ2) is 8.79. The molecule has 0 aromatic heterocycles. The van der Waals surface area contributed by atoms with Gasteiger partial charge in [0, 0.05) is 25.3 Å². The lowest BCUT2D eigenvalue weighted by Gasteiger charge is -2.19. The van der Waals surface area contributed by atoms with Gasteiger partial charge in [0.15, 0.2) is 0 Å². The Hall–Kier alpha value is -3.35. The Balaban J connectivity index is 1.29. The van der Waals surface area contributed by atoms with E-state index >= 15 is 0 Å². The first kappa shape index (κ1) is 20.9. The van der Waals surface area contributed by atoms with Crippen LogP contribution >= 0.6 is 0 Å². The fourth-order valence-electron chi connectivity index (χ4n) is 4.19. The highest BCUT2D eigenvalue weighted by Gasteiger charge is 2.46. The van der Waals surface area contributed by atoms with Gasteiger partial charge in [0.2, 0.25) is 5.91 Å². The minimum absolute atomic E-state index is 0.00848. The molecular formula is C24H26N2O5. The molecule has 4 rings (SSSR count). The molecule has 3 N–H and O–H groups in total. The fourth-order valence-corrected chi connectivity index (χ4v) is 4.19. The molecule has 0 spiro atoms. The van der Waals surface area contributed by atoms with Gasteiger partial charge in [0.05, 0.1) is 5.54 Å². The first-order chi connectivity index (χ1) is 15.0. The molecule has 2 aliphatic carbocycles. The number of carbonyl (C=O) groups excluding carboxylic acids is 2. The third kappa shape index (κ3) is 4.87. The van der Waals surface area contributed by atoms with E-state index in [1.54, 1.807) is 0 Å². The van der Waals surface area contributed by atoms with Crippen LogP contribution in [0, 0.1) is 0 Å². The average molecular weight is 422 g/mol. The van der Waals surface area contributed by atoms with Crippen molar-refractivity contribution in [1.82, 2.24) is 10.6 Å². The lowest BCUT2D eigenvalue weighted by Crippen LogP contribution is -2.41. The summed E-state index contributed by atoms with van der Waals surface area (Å²) in [5.41, 5.74) is 4.09. The number of aliphatic carboxylic acids is 1.